The van der Waals surface area contributed by atoms with E-state index in [-0.39, 0.29) is 0 Å². The number of benzene rings is 2. The van der Waals surface area contributed by atoms with Gasteiger partial charge in [0.25, 0.3) is 0 Å². The van der Waals surface area contributed by atoms with Gasteiger partial charge in [0.1, 0.15) is 6.61 Å². The van der Waals surface area contributed by atoms with Crippen molar-refractivity contribution in [1.82, 2.24) is 19.9 Å². The summed E-state index contributed by atoms with van der Waals surface area (Å²) in [5.74, 6) is 1.90. The zero-order valence-corrected chi connectivity index (χ0v) is 20.2. The molecule has 0 saturated heterocycles. The van der Waals surface area contributed by atoms with E-state index in [0.29, 0.717) is 40.3 Å². The highest BCUT2D eigenvalue weighted by Gasteiger charge is 2.14. The zero-order chi connectivity index (χ0) is 22.5. The van der Waals surface area contributed by atoms with E-state index in [1.54, 1.807) is 24.2 Å². The lowest BCUT2D eigenvalue weighted by molar-refractivity contribution is 0.282. The van der Waals surface area contributed by atoms with E-state index in [1.807, 2.05) is 48.5 Å². The highest BCUT2D eigenvalue weighted by Crippen LogP contribution is 2.37. The molecular formula is C22H19BrClN5O2S. The molecule has 0 aliphatic rings. The normalized spacial score (nSPS) is 10.7. The van der Waals surface area contributed by atoms with Crippen LogP contribution in [0.1, 0.15) is 11.1 Å². The van der Waals surface area contributed by atoms with Gasteiger partial charge in [-0.3, -0.25) is 4.98 Å². The highest BCUT2D eigenvalue weighted by atomic mass is 79.9. The minimum Gasteiger partial charge on any atom is -0.493 e. The molecule has 0 bridgehead atoms. The third kappa shape index (κ3) is 5.12. The molecule has 2 heterocycles. The lowest BCUT2D eigenvalue weighted by atomic mass is 10.2. The summed E-state index contributed by atoms with van der Waals surface area (Å²) in [5, 5.41) is 7.80. The smallest absolute Gasteiger partial charge is 0.214 e. The summed E-state index contributed by atoms with van der Waals surface area (Å²) in [5.41, 5.74) is 6.13. The topological polar surface area (TPSA) is 77.0 Å². The van der Waals surface area contributed by atoms with Crippen LogP contribution in [0.2, 0.25) is 5.02 Å². The third-order valence-electron chi connectivity index (χ3n) is 4.61. The number of halogens is 2. The Bertz CT molecular complexity index is 1280. The molecule has 0 aliphatic carbocycles. The van der Waals surface area contributed by atoms with Crippen molar-refractivity contribution in [3.8, 4) is 22.9 Å². The van der Waals surface area contributed by atoms with E-state index in [1.165, 1.54) is 0 Å². The molecule has 0 aliphatic heterocycles. The van der Waals surface area contributed by atoms with Crippen LogP contribution in [0.4, 0.5) is 0 Å². The monoisotopic (exact) mass is 531 g/mol. The molecular weight excluding hydrogens is 514 g/mol. The maximum absolute atomic E-state index is 6.06. The largest absolute Gasteiger partial charge is 0.493 e. The summed E-state index contributed by atoms with van der Waals surface area (Å²) < 4.78 is 14.6. The molecule has 4 rings (SSSR count). The second kappa shape index (κ2) is 10.2. The predicted molar refractivity (Wildman–Crippen MR) is 130 cm³/mol. The molecule has 2 N–H and O–H groups in total. The second-order valence-corrected chi connectivity index (χ2v) is 8.46. The van der Waals surface area contributed by atoms with Crippen LogP contribution >= 0.6 is 39.7 Å². The minimum atomic E-state index is 0.368. The number of hydrogen-bond donors (Lipinski definition) is 2. The predicted octanol–water partition coefficient (Wildman–Crippen LogP) is 5.75. The molecule has 2 aromatic heterocycles. The number of aromatic amines is 1. The summed E-state index contributed by atoms with van der Waals surface area (Å²) in [6.07, 6.45) is 3.42. The van der Waals surface area contributed by atoms with Crippen molar-refractivity contribution in [1.29, 1.82) is 0 Å². The van der Waals surface area contributed by atoms with Crippen molar-refractivity contribution in [2.45, 2.75) is 13.2 Å². The molecule has 32 heavy (non-hydrogen) atoms. The fourth-order valence-electron chi connectivity index (χ4n) is 3.11. The number of H-pyrrole nitrogens is 1. The number of ether oxygens (including phenoxy) is 2. The van der Waals surface area contributed by atoms with Crippen LogP contribution in [0, 0.1) is 4.77 Å². The van der Waals surface area contributed by atoms with Gasteiger partial charge in [-0.05, 0) is 75.7 Å². The molecule has 10 heteroatoms. The molecule has 4 aromatic rings. The Morgan fingerprint density at radius 1 is 1.16 bits per heavy atom. The minimum absolute atomic E-state index is 0.368. The SMILES string of the molecule is COc1cc(CNn2c(-c3ccncc3)n[nH]c2=S)cc(Br)c1OCc1cccc(Cl)c1. The van der Waals surface area contributed by atoms with Gasteiger partial charge in [0, 0.05) is 23.0 Å². The first-order chi connectivity index (χ1) is 15.5. The molecule has 0 spiro atoms. The van der Waals surface area contributed by atoms with Gasteiger partial charge in [-0.2, -0.15) is 5.10 Å². The molecule has 2 aromatic carbocycles. The average molecular weight is 533 g/mol. The van der Waals surface area contributed by atoms with Crippen molar-refractivity contribution in [2.75, 3.05) is 12.5 Å². The first kappa shape index (κ1) is 22.3. The van der Waals surface area contributed by atoms with Gasteiger partial charge in [-0.15, -0.1) is 0 Å². The summed E-state index contributed by atoms with van der Waals surface area (Å²) in [4.78, 5) is 4.05. The Hall–Kier alpha value is -2.88. The Labute approximate surface area is 203 Å². The molecule has 0 unspecified atom stereocenters. The van der Waals surface area contributed by atoms with E-state index in [2.05, 4.69) is 36.5 Å². The van der Waals surface area contributed by atoms with Crippen LogP contribution in [-0.2, 0) is 13.2 Å². The Morgan fingerprint density at radius 2 is 1.97 bits per heavy atom. The fourth-order valence-corrected chi connectivity index (χ4v) is 4.12. The van der Waals surface area contributed by atoms with E-state index in [9.17, 15) is 0 Å². The summed E-state index contributed by atoms with van der Waals surface area (Å²) in [6.45, 7) is 0.849. The van der Waals surface area contributed by atoms with E-state index in [0.717, 1.165) is 21.2 Å². The molecule has 0 saturated carbocycles. The van der Waals surface area contributed by atoms with Crippen LogP contribution in [0.15, 0.2) is 65.4 Å². The Balaban J connectivity index is 1.52. The maximum Gasteiger partial charge on any atom is 0.214 e. The third-order valence-corrected chi connectivity index (χ3v) is 5.71. The first-order valence-corrected chi connectivity index (χ1v) is 11.2. The molecule has 164 valence electrons. The number of nitrogens with one attached hydrogen (secondary N) is 2. The van der Waals surface area contributed by atoms with Crippen LogP contribution in [0.5, 0.6) is 11.5 Å². The second-order valence-electron chi connectivity index (χ2n) is 6.79. The Morgan fingerprint density at radius 3 is 2.72 bits per heavy atom. The molecule has 0 atom stereocenters. The van der Waals surface area contributed by atoms with Crippen LogP contribution in [0.25, 0.3) is 11.4 Å². The van der Waals surface area contributed by atoms with Gasteiger partial charge in [0.15, 0.2) is 17.3 Å². The van der Waals surface area contributed by atoms with Gasteiger partial charge < -0.3 is 14.9 Å². The number of methoxy groups -OCH3 is 1. The standard InChI is InChI=1S/C22H19BrClN5O2S/c1-30-19-11-15(10-18(23)20(19)31-13-14-3-2-4-17(24)9-14)12-26-29-21(27-28-22(29)32)16-5-7-25-8-6-16/h2-11,26H,12-13H2,1H3,(H,28,32). The lowest BCUT2D eigenvalue weighted by Gasteiger charge is -2.16. The van der Waals surface area contributed by atoms with E-state index in [4.69, 9.17) is 33.3 Å². The van der Waals surface area contributed by atoms with Crippen molar-refractivity contribution < 1.29 is 9.47 Å². The average Bonchev–Trinajstić information content (AvgIpc) is 3.17. The summed E-state index contributed by atoms with van der Waals surface area (Å²) >= 11 is 15.0. The number of nitrogens with zero attached hydrogens (tertiary/aromatic N) is 3. The van der Waals surface area contributed by atoms with Crippen molar-refractivity contribution in [2.24, 2.45) is 0 Å². The van der Waals surface area contributed by atoms with Crippen LogP contribution in [0.3, 0.4) is 0 Å². The number of pyridine rings is 1. The number of rotatable bonds is 8. The molecule has 0 amide bonds. The van der Waals surface area contributed by atoms with Crippen molar-refractivity contribution in [3.63, 3.8) is 0 Å². The summed E-state index contributed by atoms with van der Waals surface area (Å²) in [6, 6.07) is 15.2. The van der Waals surface area contributed by atoms with Crippen LogP contribution < -0.4 is 14.9 Å². The van der Waals surface area contributed by atoms with Gasteiger partial charge >= 0.3 is 0 Å². The summed E-state index contributed by atoms with van der Waals surface area (Å²) in [7, 11) is 1.61. The fraction of sp³-hybridized carbons (Fsp3) is 0.136. The highest BCUT2D eigenvalue weighted by molar-refractivity contribution is 9.10. The Kier molecular flexibility index (Phi) is 7.09. The molecule has 0 radical (unpaired) electrons. The lowest BCUT2D eigenvalue weighted by Crippen LogP contribution is -2.16. The molecule has 7 nitrogen and oxygen atoms in total. The van der Waals surface area contributed by atoms with Gasteiger partial charge in [0.05, 0.1) is 18.1 Å². The van der Waals surface area contributed by atoms with E-state index < -0.39 is 0 Å². The van der Waals surface area contributed by atoms with Gasteiger partial charge in [0.2, 0.25) is 4.77 Å². The molecule has 0 fully saturated rings. The zero-order valence-electron chi connectivity index (χ0n) is 17.0. The van der Waals surface area contributed by atoms with Crippen molar-refractivity contribution in [3.05, 3.63) is 86.3 Å². The first-order valence-electron chi connectivity index (χ1n) is 9.60. The van der Waals surface area contributed by atoms with Gasteiger partial charge in [-0.25, -0.2) is 9.77 Å². The maximum atomic E-state index is 6.06. The number of hydrogen-bond acceptors (Lipinski definition) is 6. The van der Waals surface area contributed by atoms with Gasteiger partial charge in [-0.1, -0.05) is 23.7 Å². The quantitative estimate of drug-likeness (QED) is 0.281. The van der Waals surface area contributed by atoms with Crippen LogP contribution in [-0.4, -0.2) is 27.0 Å². The number of aromatic nitrogens is 4. The van der Waals surface area contributed by atoms with Crippen molar-refractivity contribution >= 4 is 39.7 Å². The van der Waals surface area contributed by atoms with E-state index >= 15 is 0 Å².